The molecule has 0 bridgehead atoms. The lowest BCUT2D eigenvalue weighted by molar-refractivity contribution is 0.390. The van der Waals surface area contributed by atoms with Crippen molar-refractivity contribution in [1.29, 1.82) is 0 Å². The van der Waals surface area contributed by atoms with Crippen LogP contribution in [0.4, 0.5) is 0 Å². The fourth-order valence-corrected chi connectivity index (χ4v) is 2.44. The van der Waals surface area contributed by atoms with Gasteiger partial charge in [0.25, 0.3) is 0 Å². The Labute approximate surface area is 105 Å². The van der Waals surface area contributed by atoms with Crippen molar-refractivity contribution < 1.29 is 9.47 Å². The lowest BCUT2D eigenvalue weighted by Gasteiger charge is -2.15. The Morgan fingerprint density at radius 3 is 2.59 bits per heavy atom. The molecule has 0 saturated heterocycles. The van der Waals surface area contributed by atoms with Crippen molar-refractivity contribution in [2.45, 2.75) is 6.04 Å². The summed E-state index contributed by atoms with van der Waals surface area (Å²) < 4.78 is 10.5. The van der Waals surface area contributed by atoms with Crippen LogP contribution >= 0.6 is 11.3 Å². The van der Waals surface area contributed by atoms with E-state index in [1.54, 1.807) is 25.6 Å². The molecule has 0 saturated carbocycles. The third-order valence-electron chi connectivity index (χ3n) is 2.63. The second-order valence-electron chi connectivity index (χ2n) is 3.60. The van der Waals surface area contributed by atoms with Crippen molar-refractivity contribution in [2.75, 3.05) is 14.2 Å². The first-order chi connectivity index (χ1) is 8.26. The van der Waals surface area contributed by atoms with Gasteiger partial charge in [-0.1, -0.05) is 6.07 Å². The van der Waals surface area contributed by atoms with Crippen LogP contribution in [0.2, 0.25) is 0 Å². The maximum atomic E-state index is 6.22. The molecule has 0 fully saturated rings. The average Bonchev–Trinajstić information content (AvgIpc) is 2.91. The Hall–Kier alpha value is -1.52. The third-order valence-corrected chi connectivity index (χ3v) is 3.58. The van der Waals surface area contributed by atoms with E-state index >= 15 is 0 Å². The lowest BCUT2D eigenvalue weighted by Crippen LogP contribution is -2.11. The van der Waals surface area contributed by atoms with Crippen LogP contribution in [-0.4, -0.2) is 14.2 Å². The molecule has 1 heterocycles. The molecule has 0 aliphatic rings. The third kappa shape index (κ3) is 2.43. The molecule has 2 N–H and O–H groups in total. The van der Waals surface area contributed by atoms with Crippen LogP contribution in [-0.2, 0) is 0 Å². The van der Waals surface area contributed by atoms with Gasteiger partial charge in [0.2, 0.25) is 0 Å². The predicted molar refractivity (Wildman–Crippen MR) is 69.9 cm³/mol. The van der Waals surface area contributed by atoms with Gasteiger partial charge in [0.1, 0.15) is 11.5 Å². The first kappa shape index (κ1) is 12.0. The second kappa shape index (κ2) is 5.21. The summed E-state index contributed by atoms with van der Waals surface area (Å²) in [5.41, 5.74) is 7.19. The minimum atomic E-state index is -0.157. The Balaban J connectivity index is 2.38. The van der Waals surface area contributed by atoms with E-state index in [0.29, 0.717) is 0 Å². The highest BCUT2D eigenvalue weighted by molar-refractivity contribution is 7.10. The van der Waals surface area contributed by atoms with Crippen molar-refractivity contribution in [1.82, 2.24) is 0 Å². The van der Waals surface area contributed by atoms with E-state index in [1.165, 1.54) is 0 Å². The summed E-state index contributed by atoms with van der Waals surface area (Å²) in [6.45, 7) is 0. The first-order valence-corrected chi connectivity index (χ1v) is 6.15. The molecule has 17 heavy (non-hydrogen) atoms. The summed E-state index contributed by atoms with van der Waals surface area (Å²) in [6, 6.07) is 9.56. The molecule has 2 aromatic rings. The van der Waals surface area contributed by atoms with Crippen LogP contribution in [0.1, 0.15) is 16.5 Å². The Kier molecular flexibility index (Phi) is 3.66. The van der Waals surface area contributed by atoms with Gasteiger partial charge in [-0.3, -0.25) is 0 Å². The average molecular weight is 249 g/mol. The SMILES string of the molecule is COc1ccc(C(N)c2cccs2)c(OC)c1. The number of nitrogens with two attached hydrogens (primary N) is 1. The Bertz CT molecular complexity index is 482. The topological polar surface area (TPSA) is 44.5 Å². The van der Waals surface area contributed by atoms with E-state index < -0.39 is 0 Å². The predicted octanol–water partition coefficient (Wildman–Crippen LogP) is 2.81. The maximum Gasteiger partial charge on any atom is 0.127 e. The molecule has 3 nitrogen and oxygen atoms in total. The van der Waals surface area contributed by atoms with Gasteiger partial charge in [-0.25, -0.2) is 0 Å². The number of ether oxygens (including phenoxy) is 2. The van der Waals surface area contributed by atoms with Crippen LogP contribution in [0, 0.1) is 0 Å². The van der Waals surface area contributed by atoms with E-state index in [1.807, 2.05) is 35.7 Å². The van der Waals surface area contributed by atoms with Crippen LogP contribution in [0.25, 0.3) is 0 Å². The highest BCUT2D eigenvalue weighted by atomic mass is 32.1. The fourth-order valence-electron chi connectivity index (χ4n) is 1.70. The standard InChI is InChI=1S/C13H15NO2S/c1-15-9-5-6-10(11(8-9)16-2)13(14)12-4-3-7-17-12/h3-8,13H,14H2,1-2H3. The molecule has 90 valence electrons. The molecule has 2 rings (SSSR count). The van der Waals surface area contributed by atoms with Gasteiger partial charge < -0.3 is 15.2 Å². The quantitative estimate of drug-likeness (QED) is 0.906. The largest absolute Gasteiger partial charge is 0.497 e. The maximum absolute atomic E-state index is 6.22. The van der Waals surface area contributed by atoms with Crippen molar-refractivity contribution in [2.24, 2.45) is 5.73 Å². The van der Waals surface area contributed by atoms with Crippen molar-refractivity contribution in [3.63, 3.8) is 0 Å². The summed E-state index contributed by atoms with van der Waals surface area (Å²) in [4.78, 5) is 1.12. The van der Waals surface area contributed by atoms with E-state index in [0.717, 1.165) is 21.9 Å². The summed E-state index contributed by atoms with van der Waals surface area (Å²) in [5.74, 6) is 1.52. The van der Waals surface area contributed by atoms with Gasteiger partial charge in [0.15, 0.2) is 0 Å². The van der Waals surface area contributed by atoms with Gasteiger partial charge in [0, 0.05) is 16.5 Å². The van der Waals surface area contributed by atoms with Gasteiger partial charge in [-0.2, -0.15) is 0 Å². The minimum absolute atomic E-state index is 0.157. The van der Waals surface area contributed by atoms with Crippen LogP contribution in [0.5, 0.6) is 11.5 Å². The molecule has 1 atom stereocenters. The molecule has 1 aromatic carbocycles. The number of hydrogen-bond donors (Lipinski definition) is 1. The zero-order valence-electron chi connectivity index (χ0n) is 9.84. The van der Waals surface area contributed by atoms with Crippen LogP contribution in [0.15, 0.2) is 35.7 Å². The molecule has 0 radical (unpaired) electrons. The van der Waals surface area contributed by atoms with Gasteiger partial charge in [-0.15, -0.1) is 11.3 Å². The number of rotatable bonds is 4. The molecule has 1 aromatic heterocycles. The van der Waals surface area contributed by atoms with Crippen LogP contribution < -0.4 is 15.2 Å². The molecule has 0 amide bonds. The van der Waals surface area contributed by atoms with Gasteiger partial charge in [-0.05, 0) is 23.6 Å². The van der Waals surface area contributed by atoms with E-state index in [4.69, 9.17) is 15.2 Å². The van der Waals surface area contributed by atoms with Crippen LogP contribution in [0.3, 0.4) is 0 Å². The lowest BCUT2D eigenvalue weighted by atomic mass is 10.0. The van der Waals surface area contributed by atoms with E-state index in [9.17, 15) is 0 Å². The van der Waals surface area contributed by atoms with Gasteiger partial charge in [0.05, 0.1) is 20.3 Å². The highest BCUT2D eigenvalue weighted by Gasteiger charge is 2.15. The normalized spacial score (nSPS) is 12.2. The molecule has 4 heteroatoms. The molecule has 0 aliphatic heterocycles. The van der Waals surface area contributed by atoms with Crippen molar-refractivity contribution in [3.8, 4) is 11.5 Å². The molecule has 0 aliphatic carbocycles. The summed E-state index contributed by atoms with van der Waals surface area (Å²) in [6.07, 6.45) is 0. The molecular formula is C13H15NO2S. The Morgan fingerprint density at radius 2 is 2.00 bits per heavy atom. The zero-order chi connectivity index (χ0) is 12.3. The molecular weight excluding hydrogens is 234 g/mol. The second-order valence-corrected chi connectivity index (χ2v) is 4.58. The Morgan fingerprint density at radius 1 is 1.18 bits per heavy atom. The monoisotopic (exact) mass is 249 g/mol. The van der Waals surface area contributed by atoms with E-state index in [2.05, 4.69) is 0 Å². The van der Waals surface area contributed by atoms with Crippen molar-refractivity contribution in [3.05, 3.63) is 46.2 Å². The first-order valence-electron chi connectivity index (χ1n) is 5.27. The summed E-state index contributed by atoms with van der Waals surface area (Å²) >= 11 is 1.64. The minimum Gasteiger partial charge on any atom is -0.497 e. The number of hydrogen-bond acceptors (Lipinski definition) is 4. The number of benzene rings is 1. The van der Waals surface area contributed by atoms with E-state index in [-0.39, 0.29) is 6.04 Å². The highest BCUT2D eigenvalue weighted by Crippen LogP contribution is 2.33. The van der Waals surface area contributed by atoms with Crippen molar-refractivity contribution >= 4 is 11.3 Å². The molecule has 0 spiro atoms. The number of methoxy groups -OCH3 is 2. The summed E-state index contributed by atoms with van der Waals surface area (Å²) in [7, 11) is 3.27. The number of thiophene rings is 1. The summed E-state index contributed by atoms with van der Waals surface area (Å²) in [5, 5.41) is 2.02. The van der Waals surface area contributed by atoms with Gasteiger partial charge >= 0.3 is 0 Å². The zero-order valence-corrected chi connectivity index (χ0v) is 10.7. The smallest absolute Gasteiger partial charge is 0.127 e. The fraction of sp³-hybridized carbons (Fsp3) is 0.231. The molecule has 1 unspecified atom stereocenters.